The van der Waals surface area contributed by atoms with Crippen LogP contribution in [0.15, 0.2) is 64.5 Å². The van der Waals surface area contributed by atoms with E-state index in [9.17, 15) is 4.79 Å². The first-order valence-corrected chi connectivity index (χ1v) is 12.7. The third-order valence-electron chi connectivity index (χ3n) is 7.24. The van der Waals surface area contributed by atoms with Crippen LogP contribution in [0, 0.1) is 6.92 Å². The van der Waals surface area contributed by atoms with Crippen LogP contribution in [0.1, 0.15) is 55.5 Å². The average molecular weight is 494 g/mol. The molecule has 0 amide bonds. The molecule has 6 nitrogen and oxygen atoms in total. The van der Waals surface area contributed by atoms with Crippen molar-refractivity contribution in [3.63, 3.8) is 0 Å². The number of aliphatic imine (C=N–C) groups is 1. The standard InChI is InChI=1S/C31H31N3O3/c1-18-8-7-9-19-10-12-24(32-27(18)19)34-17-20(11-13-25(34)35)28-26-21(15-30(2,3)33-28)14-23(36-6)29-22(26)16-31(4,5)37-29/h7-14,17H,15-16H2,1-6H3. The van der Waals surface area contributed by atoms with Gasteiger partial charge in [-0.05, 0) is 76.4 Å². The summed E-state index contributed by atoms with van der Waals surface area (Å²) in [6, 6.07) is 15.6. The zero-order valence-corrected chi connectivity index (χ0v) is 22.2. The summed E-state index contributed by atoms with van der Waals surface area (Å²) in [6.45, 7) is 10.5. The van der Waals surface area contributed by atoms with E-state index >= 15 is 0 Å². The topological polar surface area (TPSA) is 65.7 Å². The quantitative estimate of drug-likeness (QED) is 0.373. The van der Waals surface area contributed by atoms with Gasteiger partial charge in [0.1, 0.15) is 11.4 Å². The molecule has 2 aliphatic heterocycles. The van der Waals surface area contributed by atoms with Gasteiger partial charge in [-0.15, -0.1) is 0 Å². The Balaban J connectivity index is 1.56. The Morgan fingerprint density at radius 3 is 2.62 bits per heavy atom. The normalized spacial score (nSPS) is 17.1. The van der Waals surface area contributed by atoms with Gasteiger partial charge in [0.15, 0.2) is 11.5 Å². The molecule has 2 aliphatic rings. The molecule has 4 heterocycles. The highest BCUT2D eigenvalue weighted by atomic mass is 16.5. The second-order valence-corrected chi connectivity index (χ2v) is 11.4. The molecule has 0 N–H and O–H groups in total. The number of aromatic nitrogens is 2. The number of para-hydroxylation sites is 1. The first kappa shape index (κ1) is 23.5. The molecule has 0 aliphatic carbocycles. The number of hydrogen-bond acceptors (Lipinski definition) is 5. The van der Waals surface area contributed by atoms with Crippen molar-refractivity contribution >= 4 is 16.6 Å². The third-order valence-corrected chi connectivity index (χ3v) is 7.24. The Kier molecular flexibility index (Phi) is 5.10. The summed E-state index contributed by atoms with van der Waals surface area (Å²) in [5.41, 5.74) is 6.32. The number of fused-ring (bicyclic) bond motifs is 4. The summed E-state index contributed by atoms with van der Waals surface area (Å²) in [4.78, 5) is 23.1. The van der Waals surface area contributed by atoms with E-state index in [4.69, 9.17) is 19.5 Å². The van der Waals surface area contributed by atoms with Crippen LogP contribution >= 0.6 is 0 Å². The van der Waals surface area contributed by atoms with E-state index in [1.807, 2.05) is 49.5 Å². The van der Waals surface area contributed by atoms with E-state index in [2.05, 4.69) is 33.8 Å². The minimum Gasteiger partial charge on any atom is -0.493 e. The van der Waals surface area contributed by atoms with Gasteiger partial charge in [-0.25, -0.2) is 4.98 Å². The second kappa shape index (κ2) is 8.04. The van der Waals surface area contributed by atoms with Gasteiger partial charge in [0.05, 0.1) is 23.9 Å². The Labute approximate surface area is 216 Å². The first-order valence-electron chi connectivity index (χ1n) is 12.7. The average Bonchev–Trinajstić information content (AvgIpc) is 3.17. The molecule has 0 unspecified atom stereocenters. The summed E-state index contributed by atoms with van der Waals surface area (Å²) in [6.07, 6.45) is 3.42. The summed E-state index contributed by atoms with van der Waals surface area (Å²) in [7, 11) is 1.69. The van der Waals surface area contributed by atoms with E-state index in [1.165, 1.54) is 5.56 Å². The second-order valence-electron chi connectivity index (χ2n) is 11.4. The molecule has 0 bridgehead atoms. The molecule has 188 valence electrons. The zero-order valence-electron chi connectivity index (χ0n) is 22.2. The maximum atomic E-state index is 13.1. The fraction of sp³-hybridized carbons (Fsp3) is 0.323. The van der Waals surface area contributed by atoms with Crippen LogP contribution in [0.2, 0.25) is 0 Å². The molecule has 0 saturated carbocycles. The number of rotatable bonds is 3. The van der Waals surface area contributed by atoms with Crippen LogP contribution in [0.4, 0.5) is 0 Å². The van der Waals surface area contributed by atoms with Gasteiger partial charge in [-0.2, -0.15) is 0 Å². The zero-order chi connectivity index (χ0) is 26.1. The Bertz CT molecular complexity index is 1680. The van der Waals surface area contributed by atoms with Crippen molar-refractivity contribution in [3.8, 4) is 17.3 Å². The van der Waals surface area contributed by atoms with E-state index in [1.54, 1.807) is 17.7 Å². The van der Waals surface area contributed by atoms with E-state index in [-0.39, 0.29) is 16.7 Å². The minimum absolute atomic E-state index is 0.135. The molecule has 37 heavy (non-hydrogen) atoms. The molecule has 0 radical (unpaired) electrons. The van der Waals surface area contributed by atoms with Crippen molar-refractivity contribution in [3.05, 3.63) is 92.9 Å². The summed E-state index contributed by atoms with van der Waals surface area (Å²) >= 11 is 0. The summed E-state index contributed by atoms with van der Waals surface area (Å²) in [5, 5.41) is 1.05. The van der Waals surface area contributed by atoms with Crippen LogP contribution in [0.3, 0.4) is 0 Å². The molecule has 0 fully saturated rings. The number of pyridine rings is 2. The van der Waals surface area contributed by atoms with Crippen LogP contribution in [0.5, 0.6) is 11.5 Å². The Hall–Kier alpha value is -3.93. The molecule has 0 spiro atoms. The van der Waals surface area contributed by atoms with Gasteiger partial charge in [-0.3, -0.25) is 14.4 Å². The predicted octanol–water partition coefficient (Wildman–Crippen LogP) is 5.59. The third kappa shape index (κ3) is 3.91. The predicted molar refractivity (Wildman–Crippen MR) is 147 cm³/mol. The van der Waals surface area contributed by atoms with Gasteiger partial charge in [-0.1, -0.05) is 18.2 Å². The number of aryl methyl sites for hydroxylation is 1. The lowest BCUT2D eigenvalue weighted by Crippen LogP contribution is -2.31. The molecule has 0 saturated heterocycles. The van der Waals surface area contributed by atoms with Crippen LogP contribution in [-0.2, 0) is 12.8 Å². The lowest BCUT2D eigenvalue weighted by molar-refractivity contribution is 0.134. The van der Waals surface area contributed by atoms with Crippen molar-refractivity contribution in [2.75, 3.05) is 7.11 Å². The van der Waals surface area contributed by atoms with Crippen LogP contribution < -0.4 is 15.0 Å². The van der Waals surface area contributed by atoms with E-state index in [0.717, 1.165) is 63.2 Å². The van der Waals surface area contributed by atoms with Crippen molar-refractivity contribution < 1.29 is 9.47 Å². The monoisotopic (exact) mass is 493 g/mol. The molecule has 6 rings (SSSR count). The SMILES string of the molecule is COc1cc2c(c3c1OC(C)(C)C3)C(c1ccc(=O)n(-c3ccc4cccc(C)c4n3)c1)=NC(C)(C)C2. The highest BCUT2D eigenvalue weighted by molar-refractivity contribution is 6.16. The van der Waals surface area contributed by atoms with Gasteiger partial charge in [0.25, 0.3) is 5.56 Å². The highest BCUT2D eigenvalue weighted by Crippen LogP contribution is 2.47. The summed E-state index contributed by atoms with van der Waals surface area (Å²) in [5.74, 6) is 2.14. The molecule has 2 aromatic carbocycles. The van der Waals surface area contributed by atoms with Gasteiger partial charge < -0.3 is 9.47 Å². The number of benzene rings is 2. The molecule has 0 atom stereocenters. The van der Waals surface area contributed by atoms with Gasteiger partial charge in [0, 0.05) is 40.8 Å². The summed E-state index contributed by atoms with van der Waals surface area (Å²) < 4.78 is 13.7. The van der Waals surface area contributed by atoms with Crippen LogP contribution in [-0.4, -0.2) is 33.5 Å². The highest BCUT2D eigenvalue weighted by Gasteiger charge is 2.39. The molecule has 6 heteroatoms. The van der Waals surface area contributed by atoms with E-state index in [0.29, 0.717) is 5.82 Å². The molecular weight excluding hydrogens is 462 g/mol. The maximum Gasteiger partial charge on any atom is 0.256 e. The molecule has 2 aromatic heterocycles. The Morgan fingerprint density at radius 1 is 1.03 bits per heavy atom. The minimum atomic E-state index is -0.339. The van der Waals surface area contributed by atoms with Gasteiger partial charge in [0.2, 0.25) is 0 Å². The Morgan fingerprint density at radius 2 is 1.84 bits per heavy atom. The van der Waals surface area contributed by atoms with E-state index < -0.39 is 0 Å². The van der Waals surface area contributed by atoms with Crippen molar-refractivity contribution in [2.24, 2.45) is 4.99 Å². The maximum absolute atomic E-state index is 13.1. The van der Waals surface area contributed by atoms with Crippen molar-refractivity contribution in [2.45, 2.75) is 58.6 Å². The fourth-order valence-corrected chi connectivity index (χ4v) is 5.66. The molecular formula is C31H31N3O3. The van der Waals surface area contributed by atoms with Crippen molar-refractivity contribution in [1.82, 2.24) is 9.55 Å². The lowest BCUT2D eigenvalue weighted by Gasteiger charge is -2.31. The number of nitrogens with zero attached hydrogens (tertiary/aromatic N) is 3. The number of ether oxygens (including phenoxy) is 2. The largest absolute Gasteiger partial charge is 0.493 e. The van der Waals surface area contributed by atoms with Gasteiger partial charge >= 0.3 is 0 Å². The van der Waals surface area contributed by atoms with Crippen LogP contribution in [0.25, 0.3) is 16.7 Å². The first-order chi connectivity index (χ1) is 17.5. The smallest absolute Gasteiger partial charge is 0.256 e. The van der Waals surface area contributed by atoms with Crippen molar-refractivity contribution in [1.29, 1.82) is 0 Å². The lowest BCUT2D eigenvalue weighted by atomic mass is 9.81. The number of hydrogen-bond donors (Lipinski definition) is 0. The fourth-order valence-electron chi connectivity index (χ4n) is 5.66. The molecule has 4 aromatic rings. The number of methoxy groups -OCH3 is 1.